The lowest BCUT2D eigenvalue weighted by Crippen LogP contribution is -2.51. The highest BCUT2D eigenvalue weighted by molar-refractivity contribution is 6.30. The Bertz CT molecular complexity index is 1370. The summed E-state index contributed by atoms with van der Waals surface area (Å²) in [5.74, 6) is -0.535. The molecule has 1 saturated heterocycles. The summed E-state index contributed by atoms with van der Waals surface area (Å²) in [6.45, 7) is 1.53. The average molecular weight is 568 g/mol. The van der Waals surface area contributed by atoms with Gasteiger partial charge in [0, 0.05) is 54.6 Å². The summed E-state index contributed by atoms with van der Waals surface area (Å²) in [5.41, 5.74) is 1.47. The Morgan fingerprint density at radius 1 is 0.875 bits per heavy atom. The zero-order valence-corrected chi connectivity index (χ0v) is 23.1. The first-order valence-electron chi connectivity index (χ1n) is 12.5. The summed E-state index contributed by atoms with van der Waals surface area (Å²) < 4.78 is 15.4. The lowest BCUT2D eigenvalue weighted by atomic mass is 10.0. The van der Waals surface area contributed by atoms with Gasteiger partial charge in [0.1, 0.15) is 23.3 Å². The maximum atomic E-state index is 13.2. The Balaban J connectivity index is 1.42. The van der Waals surface area contributed by atoms with Crippen LogP contribution in [0.3, 0.4) is 0 Å². The average Bonchev–Trinajstić information content (AvgIpc) is 2.97. The minimum absolute atomic E-state index is 0.108. The molecule has 0 bridgehead atoms. The Hall–Kier alpha value is -4.28. The molecule has 1 fully saturated rings. The number of phenolic OH excluding ortho intramolecular Hbond substituents is 1. The Labute approximate surface area is 237 Å². The van der Waals surface area contributed by atoms with Gasteiger partial charge in [-0.15, -0.1) is 0 Å². The number of methoxy groups -OCH3 is 3. The second kappa shape index (κ2) is 12.7. The lowest BCUT2D eigenvalue weighted by Gasteiger charge is -2.38. The molecule has 40 heavy (non-hydrogen) atoms. The van der Waals surface area contributed by atoms with E-state index < -0.39 is 17.9 Å². The number of ether oxygens (including phenoxy) is 3. The predicted molar refractivity (Wildman–Crippen MR) is 149 cm³/mol. The van der Waals surface area contributed by atoms with Crippen LogP contribution in [0, 0.1) is 0 Å². The number of nitrogens with zero attached hydrogens (tertiary/aromatic N) is 2. The maximum absolute atomic E-state index is 13.2. The fourth-order valence-electron chi connectivity index (χ4n) is 4.54. The number of hydrogen-bond donors (Lipinski definition) is 2. The smallest absolute Gasteiger partial charge is 0.327 e. The van der Waals surface area contributed by atoms with Crippen molar-refractivity contribution in [3.05, 3.63) is 82.4 Å². The van der Waals surface area contributed by atoms with Crippen LogP contribution in [0.25, 0.3) is 0 Å². The number of rotatable bonds is 8. The van der Waals surface area contributed by atoms with Gasteiger partial charge in [-0.2, -0.15) is 0 Å². The number of carbonyl (C=O) groups excluding carboxylic acids is 3. The first kappa shape index (κ1) is 28.7. The molecular weight excluding hydrogens is 538 g/mol. The second-order valence-corrected chi connectivity index (χ2v) is 9.53. The monoisotopic (exact) mass is 567 g/mol. The largest absolute Gasteiger partial charge is 0.507 e. The van der Waals surface area contributed by atoms with E-state index in [1.807, 2.05) is 4.90 Å². The molecule has 0 aromatic heterocycles. The van der Waals surface area contributed by atoms with Crippen molar-refractivity contribution in [2.45, 2.75) is 6.04 Å². The first-order valence-corrected chi connectivity index (χ1v) is 12.9. The molecule has 1 heterocycles. The molecule has 1 aliphatic rings. The minimum Gasteiger partial charge on any atom is -0.507 e. The van der Waals surface area contributed by atoms with Crippen molar-refractivity contribution in [1.29, 1.82) is 0 Å². The molecular formula is C29H30ClN3O7. The van der Waals surface area contributed by atoms with Gasteiger partial charge in [-0.05, 0) is 42.0 Å². The van der Waals surface area contributed by atoms with E-state index in [0.717, 1.165) is 5.56 Å². The third kappa shape index (κ3) is 6.47. The lowest BCUT2D eigenvalue weighted by molar-refractivity contribution is -0.148. The second-order valence-electron chi connectivity index (χ2n) is 9.09. The van der Waals surface area contributed by atoms with Gasteiger partial charge < -0.3 is 29.5 Å². The van der Waals surface area contributed by atoms with Crippen molar-refractivity contribution in [2.24, 2.45) is 0 Å². The van der Waals surface area contributed by atoms with Crippen LogP contribution in [0.15, 0.2) is 60.7 Å². The van der Waals surface area contributed by atoms with Crippen molar-refractivity contribution < 1.29 is 33.7 Å². The van der Waals surface area contributed by atoms with Gasteiger partial charge in [-0.1, -0.05) is 23.7 Å². The van der Waals surface area contributed by atoms with Crippen LogP contribution in [-0.4, -0.2) is 80.2 Å². The van der Waals surface area contributed by atoms with E-state index in [9.17, 15) is 19.5 Å². The van der Waals surface area contributed by atoms with Gasteiger partial charge in [0.25, 0.3) is 11.8 Å². The Kier molecular flexibility index (Phi) is 9.13. The Morgan fingerprint density at radius 3 is 2.05 bits per heavy atom. The van der Waals surface area contributed by atoms with Crippen LogP contribution in [0.2, 0.25) is 5.02 Å². The number of anilines is 1. The number of esters is 1. The van der Waals surface area contributed by atoms with Gasteiger partial charge in [-0.25, -0.2) is 4.79 Å². The number of hydrogen-bond acceptors (Lipinski definition) is 8. The molecule has 4 rings (SSSR count). The molecule has 3 aromatic carbocycles. The molecule has 0 aliphatic carbocycles. The standard InChI is InChI=1S/C29H30ClN3O7/c1-38-22-14-19(15-23(17-22)39-2)27(35)31-21-8-9-24(25(34)16-21)28(36)33-12-10-32(11-13-33)26(29(37)40-3)18-4-6-20(30)7-5-18/h4-9,14-17,26,34H,10-13H2,1-3H3,(H,31,35)/t26-/m0/s1. The molecule has 210 valence electrons. The molecule has 3 aromatic rings. The van der Waals surface area contributed by atoms with E-state index in [1.54, 1.807) is 53.4 Å². The van der Waals surface area contributed by atoms with Crippen LogP contribution in [0.5, 0.6) is 17.2 Å². The van der Waals surface area contributed by atoms with Crippen LogP contribution in [-0.2, 0) is 9.53 Å². The highest BCUT2D eigenvalue weighted by Crippen LogP contribution is 2.28. The quantitative estimate of drug-likeness (QED) is 0.392. The van der Waals surface area contributed by atoms with Crippen molar-refractivity contribution in [3.8, 4) is 17.2 Å². The number of carbonyl (C=O) groups is 3. The number of nitrogens with one attached hydrogen (secondary N) is 1. The van der Waals surface area contributed by atoms with Crippen molar-refractivity contribution in [2.75, 3.05) is 52.8 Å². The summed E-state index contributed by atoms with van der Waals surface area (Å²) in [7, 11) is 4.32. The van der Waals surface area contributed by atoms with Gasteiger partial charge in [0.15, 0.2) is 0 Å². The molecule has 0 saturated carbocycles. The van der Waals surface area contributed by atoms with Gasteiger partial charge in [-0.3, -0.25) is 14.5 Å². The topological polar surface area (TPSA) is 118 Å². The van der Waals surface area contributed by atoms with Crippen LogP contribution < -0.4 is 14.8 Å². The van der Waals surface area contributed by atoms with Crippen molar-refractivity contribution >= 4 is 35.1 Å². The van der Waals surface area contributed by atoms with Gasteiger partial charge >= 0.3 is 5.97 Å². The third-order valence-electron chi connectivity index (χ3n) is 6.68. The van der Waals surface area contributed by atoms with Crippen molar-refractivity contribution in [3.63, 3.8) is 0 Å². The molecule has 0 unspecified atom stereocenters. The number of phenols is 1. The van der Waals surface area contributed by atoms with Gasteiger partial charge in [0.05, 0.1) is 26.9 Å². The number of aromatic hydroxyl groups is 1. The normalized spacial score (nSPS) is 14.2. The molecule has 2 amide bonds. The summed E-state index contributed by atoms with van der Waals surface area (Å²) >= 11 is 6.00. The number of amides is 2. The maximum Gasteiger partial charge on any atom is 0.327 e. The van der Waals surface area contributed by atoms with E-state index in [2.05, 4.69) is 5.32 Å². The zero-order chi connectivity index (χ0) is 28.8. The molecule has 10 nitrogen and oxygen atoms in total. The molecule has 1 atom stereocenters. The van der Waals surface area contributed by atoms with Gasteiger partial charge in [0.2, 0.25) is 0 Å². The fraction of sp³-hybridized carbons (Fsp3) is 0.276. The van der Waals surface area contributed by atoms with Crippen LogP contribution in [0.4, 0.5) is 5.69 Å². The number of piperazine rings is 1. The molecule has 1 aliphatic heterocycles. The molecule has 0 radical (unpaired) electrons. The predicted octanol–water partition coefficient (Wildman–Crippen LogP) is 3.99. The summed E-state index contributed by atoms with van der Waals surface area (Å²) in [5, 5.41) is 13.9. The van der Waals surface area contributed by atoms with Crippen LogP contribution in [0.1, 0.15) is 32.3 Å². The van der Waals surface area contributed by atoms with Crippen molar-refractivity contribution in [1.82, 2.24) is 9.80 Å². The molecule has 11 heteroatoms. The summed E-state index contributed by atoms with van der Waals surface area (Å²) in [6, 6.07) is 15.5. The van der Waals surface area contributed by atoms with Crippen LogP contribution >= 0.6 is 11.6 Å². The SMILES string of the molecule is COC(=O)[C@H](c1ccc(Cl)cc1)N1CCN(C(=O)c2ccc(NC(=O)c3cc(OC)cc(OC)c3)cc2O)CC1. The third-order valence-corrected chi connectivity index (χ3v) is 6.93. The number of benzene rings is 3. The van der Waals surface area contributed by atoms with E-state index in [1.165, 1.54) is 33.5 Å². The summed E-state index contributed by atoms with van der Waals surface area (Å²) in [6.07, 6.45) is 0. The molecule has 2 N–H and O–H groups in total. The zero-order valence-electron chi connectivity index (χ0n) is 22.3. The van der Waals surface area contributed by atoms with E-state index in [4.69, 9.17) is 25.8 Å². The van der Waals surface area contributed by atoms with E-state index in [0.29, 0.717) is 54.0 Å². The molecule has 0 spiro atoms. The highest BCUT2D eigenvalue weighted by atomic mass is 35.5. The first-order chi connectivity index (χ1) is 19.2. The Morgan fingerprint density at radius 2 is 1.50 bits per heavy atom. The highest BCUT2D eigenvalue weighted by Gasteiger charge is 2.33. The van der Waals surface area contributed by atoms with E-state index in [-0.39, 0.29) is 17.2 Å². The number of halogens is 1. The minimum atomic E-state index is -0.625. The van der Waals surface area contributed by atoms with E-state index >= 15 is 0 Å². The fourth-order valence-corrected chi connectivity index (χ4v) is 4.66. The summed E-state index contributed by atoms with van der Waals surface area (Å²) in [4.78, 5) is 42.1.